The van der Waals surface area contributed by atoms with Gasteiger partial charge in [-0.15, -0.1) is 0 Å². The molecule has 150 valence electrons. The maximum absolute atomic E-state index is 13.7. The summed E-state index contributed by atoms with van der Waals surface area (Å²) in [6.07, 6.45) is 1.24. The van der Waals surface area contributed by atoms with Gasteiger partial charge in [-0.1, -0.05) is 0 Å². The van der Waals surface area contributed by atoms with Gasteiger partial charge in [-0.3, -0.25) is 19.6 Å². The van der Waals surface area contributed by atoms with Crippen LogP contribution in [0.1, 0.15) is 43.2 Å². The number of nitrogens with one attached hydrogen (secondary N) is 3. The molecule has 2 amide bonds. The van der Waals surface area contributed by atoms with Crippen molar-refractivity contribution in [3.63, 3.8) is 0 Å². The van der Waals surface area contributed by atoms with Gasteiger partial charge < -0.3 is 15.7 Å². The number of amides is 2. The molecule has 0 saturated heterocycles. The molecule has 1 aromatic carbocycles. The summed E-state index contributed by atoms with van der Waals surface area (Å²) in [5.74, 6) is -2.28. The van der Waals surface area contributed by atoms with Crippen molar-refractivity contribution in [3.05, 3.63) is 29.1 Å². The van der Waals surface area contributed by atoms with E-state index in [1.807, 2.05) is 0 Å². The van der Waals surface area contributed by atoms with E-state index in [1.54, 1.807) is 31.5 Å². The number of hydrogen-bond acceptors (Lipinski definition) is 5. The number of carbonyl (C=O) groups is 3. The molecule has 0 bridgehead atoms. The second-order valence-electron chi connectivity index (χ2n) is 6.34. The molecule has 27 heavy (non-hydrogen) atoms. The normalized spacial score (nSPS) is 11.6. The highest BCUT2D eigenvalue weighted by Gasteiger charge is 2.18. The molecule has 0 aromatic heterocycles. The Balaban J connectivity index is 2.48. The molecule has 8 nitrogen and oxygen atoms in total. The van der Waals surface area contributed by atoms with Gasteiger partial charge >= 0.3 is 5.97 Å². The van der Waals surface area contributed by atoms with Crippen molar-refractivity contribution in [3.8, 4) is 0 Å². The van der Waals surface area contributed by atoms with Crippen LogP contribution in [0.5, 0.6) is 0 Å². The van der Waals surface area contributed by atoms with E-state index in [1.165, 1.54) is 0 Å². The lowest BCUT2D eigenvalue weighted by atomic mass is 10.1. The van der Waals surface area contributed by atoms with Gasteiger partial charge in [-0.25, -0.2) is 9.87 Å². The van der Waals surface area contributed by atoms with E-state index < -0.39 is 17.9 Å². The summed E-state index contributed by atoms with van der Waals surface area (Å²) in [4.78, 5) is 33.7. The molecule has 1 aromatic rings. The molecule has 0 aliphatic heterocycles. The average molecular weight is 383 g/mol. The predicted octanol–water partition coefficient (Wildman–Crippen LogP) is 1.88. The number of carboxylic acids is 1. The lowest BCUT2D eigenvalue weighted by Crippen LogP contribution is -2.38. The van der Waals surface area contributed by atoms with Crippen LogP contribution >= 0.6 is 0 Å². The van der Waals surface area contributed by atoms with E-state index in [0.717, 1.165) is 0 Å². The molecule has 0 radical (unpaired) electrons. The van der Waals surface area contributed by atoms with Gasteiger partial charge in [-0.05, 0) is 56.4 Å². The molecule has 0 spiro atoms. The van der Waals surface area contributed by atoms with Crippen LogP contribution in [0.2, 0.25) is 0 Å². The third kappa shape index (κ3) is 8.04. The molecular weight excluding hydrogens is 357 g/mol. The van der Waals surface area contributed by atoms with Crippen molar-refractivity contribution in [1.29, 1.82) is 0 Å². The highest BCUT2D eigenvalue weighted by molar-refractivity contribution is 5.83. The third-order valence-electron chi connectivity index (χ3n) is 4.01. The minimum absolute atomic E-state index is 0.0737. The van der Waals surface area contributed by atoms with E-state index in [0.29, 0.717) is 42.6 Å². The van der Waals surface area contributed by atoms with Crippen LogP contribution < -0.4 is 16.1 Å². The second-order valence-corrected chi connectivity index (χ2v) is 6.34. The lowest BCUT2D eigenvalue weighted by molar-refractivity contribution is -0.138. The first-order valence-corrected chi connectivity index (χ1v) is 8.70. The zero-order chi connectivity index (χ0) is 20.4. The Bertz CT molecular complexity index is 658. The van der Waals surface area contributed by atoms with Gasteiger partial charge in [-0.2, -0.15) is 0 Å². The molecule has 1 atom stereocenters. The summed E-state index contributed by atoms with van der Waals surface area (Å²) >= 11 is 0. The Kier molecular flexibility index (Phi) is 9.21. The van der Waals surface area contributed by atoms with Crippen molar-refractivity contribution in [2.24, 2.45) is 0 Å². The smallest absolute Gasteiger partial charge is 0.303 e. The molecule has 0 aliphatic rings. The molecule has 5 N–H and O–H groups in total. The summed E-state index contributed by atoms with van der Waals surface area (Å²) < 4.78 is 13.7. The van der Waals surface area contributed by atoms with Crippen LogP contribution in [0.15, 0.2) is 12.1 Å². The van der Waals surface area contributed by atoms with Crippen LogP contribution in [0, 0.1) is 19.7 Å². The van der Waals surface area contributed by atoms with E-state index in [4.69, 9.17) is 10.3 Å². The number of unbranched alkanes of at least 4 members (excludes halogenated alkanes) is 1. The number of anilines is 1. The zero-order valence-corrected chi connectivity index (χ0v) is 15.5. The first-order valence-electron chi connectivity index (χ1n) is 8.70. The van der Waals surface area contributed by atoms with Crippen LogP contribution in [0.4, 0.5) is 10.1 Å². The van der Waals surface area contributed by atoms with Crippen molar-refractivity contribution in [2.45, 2.75) is 52.0 Å². The topological polar surface area (TPSA) is 128 Å². The standard InChI is InChI=1S/C18H26FN3O5/c1-11-9-13(10-12(2)17(11)19)21-14(18(26)22-27)5-3-4-8-20-15(23)6-7-16(24)25/h9-10,14,21,27H,3-8H2,1-2H3,(H,20,23)(H,22,26)(H,24,25). The quantitative estimate of drug-likeness (QED) is 0.225. The van der Waals surface area contributed by atoms with Gasteiger partial charge in [0.15, 0.2) is 0 Å². The minimum atomic E-state index is -1.03. The van der Waals surface area contributed by atoms with Gasteiger partial charge in [0.1, 0.15) is 11.9 Å². The van der Waals surface area contributed by atoms with Crippen molar-refractivity contribution in [2.75, 3.05) is 11.9 Å². The highest BCUT2D eigenvalue weighted by Crippen LogP contribution is 2.20. The summed E-state index contributed by atoms with van der Waals surface area (Å²) in [7, 11) is 0. The molecule has 0 aliphatic carbocycles. The monoisotopic (exact) mass is 383 g/mol. The number of hydrogen-bond donors (Lipinski definition) is 5. The SMILES string of the molecule is Cc1cc(NC(CCCCNC(=O)CCC(=O)O)C(=O)NO)cc(C)c1F. The number of carbonyl (C=O) groups excluding carboxylic acids is 2. The molecular formula is C18H26FN3O5. The Morgan fingerprint density at radius 3 is 2.30 bits per heavy atom. The first kappa shape index (κ1) is 22.4. The molecule has 1 unspecified atom stereocenters. The van der Waals surface area contributed by atoms with Gasteiger partial charge in [0.25, 0.3) is 5.91 Å². The summed E-state index contributed by atoms with van der Waals surface area (Å²) in [5, 5.41) is 23.0. The highest BCUT2D eigenvalue weighted by atomic mass is 19.1. The predicted molar refractivity (Wildman–Crippen MR) is 96.9 cm³/mol. The first-order chi connectivity index (χ1) is 12.7. The molecule has 0 saturated carbocycles. The number of carboxylic acid groups (broad SMARTS) is 1. The van der Waals surface area contributed by atoms with E-state index in [2.05, 4.69) is 10.6 Å². The summed E-state index contributed by atoms with van der Waals surface area (Å²) in [6, 6.07) is 2.45. The minimum Gasteiger partial charge on any atom is -0.481 e. The number of aliphatic carboxylic acids is 1. The number of benzene rings is 1. The lowest BCUT2D eigenvalue weighted by Gasteiger charge is -2.19. The average Bonchev–Trinajstić information content (AvgIpc) is 2.62. The largest absolute Gasteiger partial charge is 0.481 e. The molecule has 0 heterocycles. The van der Waals surface area contributed by atoms with E-state index in [9.17, 15) is 18.8 Å². The Morgan fingerprint density at radius 2 is 1.74 bits per heavy atom. The van der Waals surface area contributed by atoms with Crippen LogP contribution in [0.25, 0.3) is 0 Å². The number of hydroxylamine groups is 1. The van der Waals surface area contributed by atoms with Crippen LogP contribution in [0.3, 0.4) is 0 Å². The Hall–Kier alpha value is -2.68. The maximum atomic E-state index is 13.7. The van der Waals surface area contributed by atoms with Crippen LogP contribution in [-0.4, -0.2) is 40.7 Å². The maximum Gasteiger partial charge on any atom is 0.303 e. The number of rotatable bonds is 11. The molecule has 9 heteroatoms. The third-order valence-corrected chi connectivity index (χ3v) is 4.01. The van der Waals surface area contributed by atoms with Crippen LogP contribution in [-0.2, 0) is 14.4 Å². The van der Waals surface area contributed by atoms with E-state index in [-0.39, 0.29) is 24.6 Å². The molecule has 1 rings (SSSR count). The Labute approximate surface area is 157 Å². The summed E-state index contributed by atoms with van der Waals surface area (Å²) in [5.41, 5.74) is 3.08. The molecule has 0 fully saturated rings. The van der Waals surface area contributed by atoms with Gasteiger partial charge in [0, 0.05) is 18.7 Å². The second kappa shape index (κ2) is 11.1. The fourth-order valence-corrected chi connectivity index (χ4v) is 2.59. The fraction of sp³-hybridized carbons (Fsp3) is 0.500. The van der Waals surface area contributed by atoms with Crippen molar-refractivity contribution in [1.82, 2.24) is 10.8 Å². The fourth-order valence-electron chi connectivity index (χ4n) is 2.59. The number of halogens is 1. The van der Waals surface area contributed by atoms with Gasteiger partial charge in [0.05, 0.1) is 6.42 Å². The van der Waals surface area contributed by atoms with E-state index >= 15 is 0 Å². The van der Waals surface area contributed by atoms with Crippen molar-refractivity contribution >= 4 is 23.5 Å². The Morgan fingerprint density at radius 1 is 1.11 bits per heavy atom. The summed E-state index contributed by atoms with van der Waals surface area (Å²) in [6.45, 7) is 3.62. The van der Waals surface area contributed by atoms with Gasteiger partial charge in [0.2, 0.25) is 5.91 Å². The van der Waals surface area contributed by atoms with Crippen molar-refractivity contribution < 1.29 is 29.1 Å². The number of aryl methyl sites for hydroxylation is 2. The zero-order valence-electron chi connectivity index (χ0n) is 15.5.